The number of aliphatic carboxylic acids is 1. The molecule has 0 atom stereocenters. The predicted molar refractivity (Wildman–Crippen MR) is 77.2 cm³/mol. The molecule has 0 saturated carbocycles. The molecule has 1 aliphatic heterocycles. The van der Waals surface area contributed by atoms with Crippen LogP contribution in [0.15, 0.2) is 18.2 Å². The van der Waals surface area contributed by atoms with Crippen molar-refractivity contribution in [3.05, 3.63) is 29.3 Å². The molecule has 0 unspecified atom stereocenters. The standard InChI is InChI=1S/C15H18N2O4/c18-13-4-1-3-10-9-11(6-7-12(10)17-13)15(21)16-8-2-5-14(19)20/h6-7,9H,1-5,8H2,(H,16,21)(H,17,18)(H,19,20). The molecule has 0 fully saturated rings. The maximum absolute atomic E-state index is 12.0. The first-order valence-electron chi connectivity index (χ1n) is 6.99. The summed E-state index contributed by atoms with van der Waals surface area (Å²) in [5.41, 5.74) is 2.25. The molecule has 1 heterocycles. The first-order valence-corrected chi connectivity index (χ1v) is 6.99. The number of amides is 2. The van der Waals surface area contributed by atoms with E-state index in [1.54, 1.807) is 18.2 Å². The van der Waals surface area contributed by atoms with Crippen molar-refractivity contribution < 1.29 is 19.5 Å². The van der Waals surface area contributed by atoms with Crippen LogP contribution < -0.4 is 10.6 Å². The van der Waals surface area contributed by atoms with Crippen molar-refractivity contribution in [2.75, 3.05) is 11.9 Å². The number of rotatable bonds is 5. The molecule has 112 valence electrons. The summed E-state index contributed by atoms with van der Waals surface area (Å²) < 4.78 is 0. The van der Waals surface area contributed by atoms with Crippen molar-refractivity contribution in [1.82, 2.24) is 5.32 Å². The molecule has 1 aliphatic rings. The second-order valence-electron chi connectivity index (χ2n) is 5.03. The summed E-state index contributed by atoms with van der Waals surface area (Å²) in [4.78, 5) is 33.8. The molecule has 0 radical (unpaired) electrons. The van der Waals surface area contributed by atoms with Crippen molar-refractivity contribution >= 4 is 23.5 Å². The molecule has 21 heavy (non-hydrogen) atoms. The zero-order chi connectivity index (χ0) is 15.2. The van der Waals surface area contributed by atoms with Crippen molar-refractivity contribution in [1.29, 1.82) is 0 Å². The quantitative estimate of drug-likeness (QED) is 0.717. The Labute approximate surface area is 122 Å². The molecule has 3 N–H and O–H groups in total. The molecule has 1 aromatic carbocycles. The van der Waals surface area contributed by atoms with Crippen LogP contribution in [0.5, 0.6) is 0 Å². The van der Waals surface area contributed by atoms with Crippen LogP contribution in [0.4, 0.5) is 5.69 Å². The van der Waals surface area contributed by atoms with Gasteiger partial charge in [0.05, 0.1) is 0 Å². The van der Waals surface area contributed by atoms with Crippen LogP contribution in [0.25, 0.3) is 0 Å². The Morgan fingerprint density at radius 1 is 1.29 bits per heavy atom. The number of anilines is 1. The van der Waals surface area contributed by atoms with Crippen LogP contribution >= 0.6 is 0 Å². The number of hydrogen-bond acceptors (Lipinski definition) is 3. The number of carbonyl (C=O) groups is 3. The minimum atomic E-state index is -0.870. The third kappa shape index (κ3) is 4.30. The Bertz CT molecular complexity index is 569. The van der Waals surface area contributed by atoms with E-state index >= 15 is 0 Å². The maximum atomic E-state index is 12.0. The second-order valence-corrected chi connectivity index (χ2v) is 5.03. The number of aryl methyl sites for hydroxylation is 1. The lowest BCUT2D eigenvalue weighted by atomic mass is 10.0. The first kappa shape index (κ1) is 15.0. The number of carbonyl (C=O) groups excluding carboxylic acids is 2. The van der Waals surface area contributed by atoms with Gasteiger partial charge in [0.25, 0.3) is 5.91 Å². The number of nitrogens with one attached hydrogen (secondary N) is 2. The van der Waals surface area contributed by atoms with Gasteiger partial charge in [-0.1, -0.05) is 0 Å². The molecule has 0 aromatic heterocycles. The number of carboxylic acid groups (broad SMARTS) is 1. The SMILES string of the molecule is O=C(O)CCCNC(=O)c1ccc2c(c1)CCCC(=O)N2. The van der Waals surface area contributed by atoms with E-state index < -0.39 is 5.97 Å². The Hall–Kier alpha value is -2.37. The van der Waals surface area contributed by atoms with Crippen LogP contribution in [-0.2, 0) is 16.0 Å². The molecule has 0 bridgehead atoms. The van der Waals surface area contributed by atoms with Gasteiger partial charge in [0.2, 0.25) is 5.91 Å². The van der Waals surface area contributed by atoms with Gasteiger partial charge in [-0.15, -0.1) is 0 Å². The van der Waals surface area contributed by atoms with E-state index in [0.29, 0.717) is 24.9 Å². The van der Waals surface area contributed by atoms with E-state index in [1.165, 1.54) is 0 Å². The van der Waals surface area contributed by atoms with Crippen molar-refractivity contribution in [3.8, 4) is 0 Å². The smallest absolute Gasteiger partial charge is 0.303 e. The van der Waals surface area contributed by atoms with Gasteiger partial charge in [-0.2, -0.15) is 0 Å². The van der Waals surface area contributed by atoms with Gasteiger partial charge in [-0.05, 0) is 43.0 Å². The largest absolute Gasteiger partial charge is 0.481 e. The summed E-state index contributed by atoms with van der Waals surface area (Å²) in [6.45, 7) is 0.332. The molecule has 2 rings (SSSR count). The summed E-state index contributed by atoms with van der Waals surface area (Å²) >= 11 is 0. The van der Waals surface area contributed by atoms with Gasteiger partial charge in [0.1, 0.15) is 0 Å². The molecular weight excluding hydrogens is 272 g/mol. The van der Waals surface area contributed by atoms with Gasteiger partial charge >= 0.3 is 5.97 Å². The van der Waals surface area contributed by atoms with Crippen molar-refractivity contribution in [2.45, 2.75) is 32.1 Å². The highest BCUT2D eigenvalue weighted by Gasteiger charge is 2.15. The summed E-state index contributed by atoms with van der Waals surface area (Å²) in [5, 5.41) is 14.0. The normalized spacial score (nSPS) is 13.8. The predicted octanol–water partition coefficient (Wildman–Crippen LogP) is 1.56. The highest BCUT2D eigenvalue weighted by molar-refractivity contribution is 5.97. The zero-order valence-corrected chi connectivity index (χ0v) is 11.6. The fourth-order valence-corrected chi connectivity index (χ4v) is 2.26. The highest BCUT2D eigenvalue weighted by atomic mass is 16.4. The third-order valence-electron chi connectivity index (χ3n) is 3.34. The van der Waals surface area contributed by atoms with Crippen LogP contribution in [0.2, 0.25) is 0 Å². The lowest BCUT2D eigenvalue weighted by Gasteiger charge is -2.09. The third-order valence-corrected chi connectivity index (χ3v) is 3.34. The topological polar surface area (TPSA) is 95.5 Å². The average Bonchev–Trinajstić information content (AvgIpc) is 2.62. The fraction of sp³-hybridized carbons (Fsp3) is 0.400. The molecule has 0 aliphatic carbocycles. The Kier molecular flexibility index (Phi) is 4.92. The molecule has 6 nitrogen and oxygen atoms in total. The molecule has 0 saturated heterocycles. The van der Waals surface area contributed by atoms with Crippen LogP contribution in [0.3, 0.4) is 0 Å². The van der Waals surface area contributed by atoms with E-state index in [2.05, 4.69) is 10.6 Å². The molecule has 6 heteroatoms. The molecule has 0 spiro atoms. The minimum absolute atomic E-state index is 0.000350. The summed E-state index contributed by atoms with van der Waals surface area (Å²) in [7, 11) is 0. The van der Waals surface area contributed by atoms with E-state index in [4.69, 9.17) is 5.11 Å². The number of benzene rings is 1. The van der Waals surface area contributed by atoms with Crippen LogP contribution in [0.1, 0.15) is 41.6 Å². The van der Waals surface area contributed by atoms with Crippen molar-refractivity contribution in [2.24, 2.45) is 0 Å². The Morgan fingerprint density at radius 2 is 2.10 bits per heavy atom. The molecule has 2 amide bonds. The molecule has 1 aromatic rings. The Balaban J connectivity index is 1.97. The van der Waals surface area contributed by atoms with E-state index in [9.17, 15) is 14.4 Å². The van der Waals surface area contributed by atoms with Gasteiger partial charge in [0.15, 0.2) is 0 Å². The van der Waals surface area contributed by atoms with E-state index in [0.717, 1.165) is 24.1 Å². The maximum Gasteiger partial charge on any atom is 0.303 e. The number of hydrogen-bond donors (Lipinski definition) is 3. The lowest BCUT2D eigenvalue weighted by Crippen LogP contribution is -2.25. The lowest BCUT2D eigenvalue weighted by molar-refractivity contribution is -0.137. The Morgan fingerprint density at radius 3 is 2.86 bits per heavy atom. The van der Waals surface area contributed by atoms with Crippen LogP contribution in [-0.4, -0.2) is 29.4 Å². The van der Waals surface area contributed by atoms with E-state index in [1.807, 2.05) is 0 Å². The highest BCUT2D eigenvalue weighted by Crippen LogP contribution is 2.23. The fourth-order valence-electron chi connectivity index (χ4n) is 2.26. The van der Waals surface area contributed by atoms with Gasteiger partial charge in [-0.3, -0.25) is 14.4 Å². The van der Waals surface area contributed by atoms with Crippen LogP contribution in [0, 0.1) is 0 Å². The number of carboxylic acids is 1. The minimum Gasteiger partial charge on any atom is -0.481 e. The van der Waals surface area contributed by atoms with Gasteiger partial charge in [0, 0.05) is 30.6 Å². The first-order chi connectivity index (χ1) is 10.1. The summed E-state index contributed by atoms with van der Waals surface area (Å²) in [6, 6.07) is 5.19. The second kappa shape index (κ2) is 6.88. The summed E-state index contributed by atoms with van der Waals surface area (Å²) in [5.74, 6) is -1.09. The average molecular weight is 290 g/mol. The monoisotopic (exact) mass is 290 g/mol. The van der Waals surface area contributed by atoms with Gasteiger partial charge in [-0.25, -0.2) is 0 Å². The van der Waals surface area contributed by atoms with Gasteiger partial charge < -0.3 is 15.7 Å². The van der Waals surface area contributed by atoms with Crippen molar-refractivity contribution in [3.63, 3.8) is 0 Å². The molecular formula is C15H18N2O4. The zero-order valence-electron chi connectivity index (χ0n) is 11.6. The number of fused-ring (bicyclic) bond motifs is 1. The van der Waals surface area contributed by atoms with E-state index in [-0.39, 0.29) is 18.2 Å². The summed E-state index contributed by atoms with van der Waals surface area (Å²) in [6.07, 6.45) is 2.46.